The van der Waals surface area contributed by atoms with E-state index in [1.165, 1.54) is 11.1 Å². The molecule has 0 unspecified atom stereocenters. The first-order chi connectivity index (χ1) is 13.6. The van der Waals surface area contributed by atoms with Gasteiger partial charge in [-0.1, -0.05) is 23.4 Å². The van der Waals surface area contributed by atoms with Crippen LogP contribution in [-0.2, 0) is 6.42 Å². The lowest BCUT2D eigenvalue weighted by molar-refractivity contribution is 0.242. The van der Waals surface area contributed by atoms with E-state index in [9.17, 15) is 5.26 Å². The molecule has 4 rings (SSSR count). The molecule has 0 spiro atoms. The Bertz CT molecular complexity index is 1050. The van der Waals surface area contributed by atoms with E-state index in [4.69, 9.17) is 17.2 Å². The number of nitrogens with zero attached hydrogens (tertiary/aromatic N) is 3. The molecule has 1 atom stereocenters. The third-order valence-electron chi connectivity index (χ3n) is 4.85. The first kappa shape index (κ1) is 18.3. The molecule has 0 aliphatic heterocycles. The quantitative estimate of drug-likeness (QED) is 0.689. The molecule has 0 saturated heterocycles. The predicted molar refractivity (Wildman–Crippen MR) is 106 cm³/mol. The summed E-state index contributed by atoms with van der Waals surface area (Å²) in [6.45, 7) is 3.84. The first-order valence-corrected chi connectivity index (χ1v) is 9.24. The smallest absolute Gasteiger partial charge is 0.258 e. The Balaban J connectivity index is 1.68. The van der Waals surface area contributed by atoms with Gasteiger partial charge in [0.1, 0.15) is 11.8 Å². The van der Waals surface area contributed by atoms with Gasteiger partial charge < -0.3 is 14.5 Å². The van der Waals surface area contributed by atoms with E-state index in [1.54, 1.807) is 12.1 Å². The summed E-state index contributed by atoms with van der Waals surface area (Å²) in [6, 6.07) is 13.6. The van der Waals surface area contributed by atoms with Crippen LogP contribution in [0.4, 0.5) is 0 Å². The molecule has 1 aromatic heterocycles. The van der Waals surface area contributed by atoms with Gasteiger partial charge in [0.2, 0.25) is 5.82 Å². The zero-order valence-electron chi connectivity index (χ0n) is 15.8. The molecule has 2 aromatic carbocycles. The van der Waals surface area contributed by atoms with E-state index < -0.39 is 0 Å². The second-order valence-electron chi connectivity index (χ2n) is 7.04. The molecule has 7 heteroatoms. The van der Waals surface area contributed by atoms with Crippen molar-refractivity contribution >= 4 is 7.98 Å². The van der Waals surface area contributed by atoms with Crippen molar-refractivity contribution in [3.05, 3.63) is 53.1 Å². The van der Waals surface area contributed by atoms with Crippen LogP contribution in [0.2, 0.25) is 0 Å². The van der Waals surface area contributed by atoms with Crippen molar-refractivity contribution in [1.82, 2.24) is 15.4 Å². The molecule has 1 aliphatic carbocycles. The van der Waals surface area contributed by atoms with E-state index in [2.05, 4.69) is 27.5 Å². The van der Waals surface area contributed by atoms with Crippen LogP contribution in [0.1, 0.15) is 43.0 Å². The summed E-state index contributed by atoms with van der Waals surface area (Å²) in [5.41, 5.74) is 4.43. The molecule has 1 N–H and O–H groups in total. The van der Waals surface area contributed by atoms with Gasteiger partial charge in [-0.15, -0.1) is 0 Å². The maximum atomic E-state index is 9.43. The average Bonchev–Trinajstić information content (AvgIpc) is 3.34. The van der Waals surface area contributed by atoms with Crippen LogP contribution in [0.3, 0.4) is 0 Å². The van der Waals surface area contributed by atoms with Crippen molar-refractivity contribution in [3.8, 4) is 34.7 Å². The molecule has 0 saturated carbocycles. The minimum atomic E-state index is -0.0139. The van der Waals surface area contributed by atoms with Crippen LogP contribution in [0.15, 0.2) is 40.9 Å². The van der Waals surface area contributed by atoms with Crippen LogP contribution < -0.4 is 9.96 Å². The van der Waals surface area contributed by atoms with Crippen molar-refractivity contribution in [1.29, 1.82) is 5.26 Å². The number of nitrogens with one attached hydrogen (secondary N) is 1. The Hall–Kier alpha value is -3.11. The maximum absolute atomic E-state index is 9.43. The van der Waals surface area contributed by atoms with E-state index >= 15 is 0 Å². The van der Waals surface area contributed by atoms with E-state index in [1.807, 2.05) is 32.0 Å². The Kier molecular flexibility index (Phi) is 4.89. The average molecular weight is 370 g/mol. The number of aromatic nitrogens is 2. The lowest BCUT2D eigenvalue weighted by Crippen LogP contribution is -2.14. The van der Waals surface area contributed by atoms with Crippen LogP contribution in [-0.4, -0.2) is 24.2 Å². The number of hydrogen-bond acceptors (Lipinski definition) is 6. The monoisotopic (exact) mass is 370 g/mol. The first-order valence-electron chi connectivity index (χ1n) is 9.24. The minimum absolute atomic E-state index is 0.0139. The highest BCUT2D eigenvalue weighted by Gasteiger charge is 2.25. The standard InChI is InChI=1S/C21H19BN4O2/c1-12(2)27-19-9-6-13(10-14(19)11-23)21-24-20(26-28-21)17-5-3-4-16-15(17)7-8-18(16)25-22/h3-6,9-10,12,18,25H,7-8H2,1-2H3/t18-/m1/s1. The van der Waals surface area contributed by atoms with Gasteiger partial charge in [0.05, 0.1) is 11.7 Å². The molecule has 28 heavy (non-hydrogen) atoms. The van der Waals surface area contributed by atoms with E-state index in [0.29, 0.717) is 28.6 Å². The SMILES string of the molecule is [B]N[C@@H]1CCc2c(-c3noc(-c4ccc(OC(C)C)c(C#N)c4)n3)cccc21. The fourth-order valence-corrected chi connectivity index (χ4v) is 3.59. The van der Waals surface area contributed by atoms with Gasteiger partial charge >= 0.3 is 0 Å². The van der Waals surface area contributed by atoms with Crippen molar-refractivity contribution in [3.63, 3.8) is 0 Å². The summed E-state index contributed by atoms with van der Waals surface area (Å²) in [6.07, 6.45) is 1.83. The van der Waals surface area contributed by atoms with Gasteiger partial charge in [0.25, 0.3) is 5.89 Å². The summed E-state index contributed by atoms with van der Waals surface area (Å²) in [5, 5.41) is 16.4. The summed E-state index contributed by atoms with van der Waals surface area (Å²) in [4.78, 5) is 4.57. The van der Waals surface area contributed by atoms with Gasteiger partial charge in [-0.3, -0.25) is 0 Å². The molecule has 1 aliphatic rings. The molecule has 3 aromatic rings. The van der Waals surface area contributed by atoms with Crippen LogP contribution in [0.5, 0.6) is 5.75 Å². The lowest BCUT2D eigenvalue weighted by atomic mass is 10.0. The second kappa shape index (κ2) is 7.49. The minimum Gasteiger partial charge on any atom is -0.490 e. The Morgan fingerprint density at radius 2 is 2.18 bits per heavy atom. The number of fused-ring (bicyclic) bond motifs is 1. The molecule has 1 heterocycles. The van der Waals surface area contributed by atoms with Crippen LogP contribution in [0, 0.1) is 11.3 Å². The van der Waals surface area contributed by atoms with Crippen molar-refractivity contribution in [2.24, 2.45) is 0 Å². The zero-order valence-corrected chi connectivity index (χ0v) is 15.8. The molecule has 0 amide bonds. The van der Waals surface area contributed by atoms with Gasteiger partial charge in [-0.2, -0.15) is 10.2 Å². The Morgan fingerprint density at radius 3 is 2.93 bits per heavy atom. The second-order valence-corrected chi connectivity index (χ2v) is 7.04. The zero-order chi connectivity index (χ0) is 19.7. The highest BCUT2D eigenvalue weighted by atomic mass is 16.5. The van der Waals surface area contributed by atoms with Gasteiger partial charge in [-0.25, -0.2) is 0 Å². The Labute approximate surface area is 165 Å². The highest BCUT2D eigenvalue weighted by Crippen LogP contribution is 2.37. The number of benzene rings is 2. The van der Waals surface area contributed by atoms with E-state index in [0.717, 1.165) is 18.4 Å². The third-order valence-corrected chi connectivity index (χ3v) is 4.85. The molecular weight excluding hydrogens is 351 g/mol. The van der Waals surface area contributed by atoms with E-state index in [-0.39, 0.29) is 12.1 Å². The van der Waals surface area contributed by atoms with Crippen LogP contribution >= 0.6 is 0 Å². The fraction of sp³-hybridized carbons (Fsp3) is 0.286. The summed E-state index contributed by atoms with van der Waals surface area (Å²) >= 11 is 0. The normalized spacial score (nSPS) is 15.4. The number of nitriles is 1. The lowest BCUT2D eigenvalue weighted by Gasteiger charge is -2.11. The summed E-state index contributed by atoms with van der Waals surface area (Å²) < 4.78 is 11.2. The molecule has 6 nitrogen and oxygen atoms in total. The maximum Gasteiger partial charge on any atom is 0.258 e. The molecule has 138 valence electrons. The molecule has 0 bridgehead atoms. The molecule has 2 radical (unpaired) electrons. The predicted octanol–water partition coefficient (Wildman–Crippen LogP) is 3.72. The van der Waals surface area contributed by atoms with Crippen molar-refractivity contribution in [2.45, 2.75) is 38.8 Å². The summed E-state index contributed by atoms with van der Waals surface area (Å²) in [5.74, 6) is 1.44. The largest absolute Gasteiger partial charge is 0.490 e. The van der Waals surface area contributed by atoms with Gasteiger partial charge in [0.15, 0.2) is 7.98 Å². The molecular formula is C21H19BN4O2. The number of ether oxygens (including phenoxy) is 1. The highest BCUT2D eigenvalue weighted by molar-refractivity contribution is 6.04. The third kappa shape index (κ3) is 3.27. The fourth-order valence-electron chi connectivity index (χ4n) is 3.59. The van der Waals surface area contributed by atoms with Crippen molar-refractivity contribution in [2.75, 3.05) is 0 Å². The number of hydrogen-bond donors (Lipinski definition) is 1. The van der Waals surface area contributed by atoms with Gasteiger partial charge in [-0.05, 0) is 56.0 Å². The Morgan fingerprint density at radius 1 is 1.32 bits per heavy atom. The number of rotatable bonds is 5. The topological polar surface area (TPSA) is 84.0 Å². The van der Waals surface area contributed by atoms with Gasteiger partial charge in [0, 0.05) is 17.2 Å². The van der Waals surface area contributed by atoms with Crippen molar-refractivity contribution < 1.29 is 9.26 Å². The summed E-state index contributed by atoms with van der Waals surface area (Å²) in [7, 11) is 5.65. The molecule has 0 fully saturated rings. The van der Waals surface area contributed by atoms with Crippen LogP contribution in [0.25, 0.3) is 22.8 Å².